The van der Waals surface area contributed by atoms with Crippen molar-refractivity contribution in [2.75, 3.05) is 0 Å². The fraction of sp³-hybridized carbons (Fsp3) is 0.188. The van der Waals surface area contributed by atoms with Gasteiger partial charge in [-0.05, 0) is 63.1 Å². The van der Waals surface area contributed by atoms with Crippen LogP contribution in [-0.4, -0.2) is 11.8 Å². The van der Waals surface area contributed by atoms with Crippen molar-refractivity contribution in [3.63, 3.8) is 0 Å². The van der Waals surface area contributed by atoms with Crippen molar-refractivity contribution >= 4 is 11.8 Å². The smallest absolute Gasteiger partial charge is 0.252 e. The van der Waals surface area contributed by atoms with E-state index in [2.05, 4.69) is 16.0 Å². The molecule has 3 N–H and O–H groups in total. The molecule has 4 rings (SSSR count). The van der Waals surface area contributed by atoms with Gasteiger partial charge in [-0.15, -0.1) is 0 Å². The van der Waals surface area contributed by atoms with Crippen LogP contribution in [0.25, 0.3) is 0 Å². The molecule has 5 heteroatoms. The molecule has 0 aliphatic heterocycles. The third-order valence-corrected chi connectivity index (χ3v) is 6.33. The first-order valence-corrected chi connectivity index (χ1v) is 12.4. The maximum Gasteiger partial charge on any atom is 0.252 e. The Hall–Kier alpha value is -4.22. The molecule has 37 heavy (non-hydrogen) atoms. The molecule has 4 aromatic rings. The summed E-state index contributed by atoms with van der Waals surface area (Å²) in [6.07, 6.45) is -1.11. The van der Waals surface area contributed by atoms with Gasteiger partial charge in [0.2, 0.25) is 0 Å². The molecule has 0 fully saturated rings. The Labute approximate surface area is 218 Å². The van der Waals surface area contributed by atoms with Gasteiger partial charge in [0, 0.05) is 11.1 Å². The van der Waals surface area contributed by atoms with Crippen molar-refractivity contribution in [1.82, 2.24) is 16.0 Å². The summed E-state index contributed by atoms with van der Waals surface area (Å²) in [5.74, 6) is -0.406. The van der Waals surface area contributed by atoms with E-state index in [9.17, 15) is 9.59 Å². The minimum absolute atomic E-state index is 0.203. The number of hydrogen-bond donors (Lipinski definition) is 3. The Morgan fingerprint density at radius 1 is 0.459 bits per heavy atom. The van der Waals surface area contributed by atoms with Crippen molar-refractivity contribution < 1.29 is 9.59 Å². The second-order valence-electron chi connectivity index (χ2n) is 9.53. The van der Waals surface area contributed by atoms with Gasteiger partial charge in [0.25, 0.3) is 11.8 Å². The molecule has 188 valence electrons. The van der Waals surface area contributed by atoms with Crippen LogP contribution in [0.1, 0.15) is 66.4 Å². The summed E-state index contributed by atoms with van der Waals surface area (Å²) in [7, 11) is 0. The molecule has 4 aromatic carbocycles. The number of hydrogen-bond acceptors (Lipinski definition) is 3. The van der Waals surface area contributed by atoms with E-state index in [4.69, 9.17) is 0 Å². The molecule has 2 amide bonds. The summed E-state index contributed by atoms with van der Waals surface area (Å²) in [5, 5.41) is 9.72. The highest BCUT2D eigenvalue weighted by atomic mass is 16.2. The molecule has 0 heterocycles. The minimum atomic E-state index is -0.556. The Morgan fingerprint density at radius 3 is 1.03 bits per heavy atom. The van der Waals surface area contributed by atoms with Crippen LogP contribution in [0.2, 0.25) is 0 Å². The summed E-state index contributed by atoms with van der Waals surface area (Å²) < 4.78 is 0. The zero-order chi connectivity index (χ0) is 26.4. The molecular formula is C32H33N3O2. The van der Waals surface area contributed by atoms with Crippen molar-refractivity contribution in [3.05, 3.63) is 142 Å². The van der Waals surface area contributed by atoms with Crippen LogP contribution in [-0.2, 0) is 0 Å². The lowest BCUT2D eigenvalue weighted by molar-refractivity contribution is 0.0904. The van der Waals surface area contributed by atoms with Crippen LogP contribution in [0, 0.1) is 27.7 Å². The van der Waals surface area contributed by atoms with Gasteiger partial charge in [0.1, 0.15) is 12.3 Å². The summed E-state index contributed by atoms with van der Waals surface area (Å²) in [5.41, 5.74) is 7.32. The van der Waals surface area contributed by atoms with Crippen LogP contribution < -0.4 is 16.0 Å². The number of aryl methyl sites for hydroxylation is 4. The number of carbonyl (C=O) groups excluding carboxylic acids is 2. The first-order valence-electron chi connectivity index (χ1n) is 12.4. The summed E-state index contributed by atoms with van der Waals surface area (Å²) in [6, 6.07) is 30.9. The minimum Gasteiger partial charge on any atom is -0.333 e. The van der Waals surface area contributed by atoms with Crippen molar-refractivity contribution in [2.24, 2.45) is 0 Å². The zero-order valence-electron chi connectivity index (χ0n) is 21.7. The predicted molar refractivity (Wildman–Crippen MR) is 148 cm³/mol. The largest absolute Gasteiger partial charge is 0.333 e. The van der Waals surface area contributed by atoms with Gasteiger partial charge in [0.15, 0.2) is 0 Å². The number of amides is 2. The molecule has 0 spiro atoms. The molecule has 0 bridgehead atoms. The zero-order valence-corrected chi connectivity index (χ0v) is 21.7. The lowest BCUT2D eigenvalue weighted by Crippen LogP contribution is -2.45. The molecule has 2 atom stereocenters. The molecule has 0 saturated carbocycles. The van der Waals surface area contributed by atoms with Gasteiger partial charge in [-0.3, -0.25) is 14.9 Å². The molecule has 0 aliphatic rings. The van der Waals surface area contributed by atoms with E-state index in [0.717, 1.165) is 33.4 Å². The van der Waals surface area contributed by atoms with Gasteiger partial charge < -0.3 is 10.6 Å². The average Bonchev–Trinajstić information content (AvgIpc) is 2.89. The van der Waals surface area contributed by atoms with Gasteiger partial charge >= 0.3 is 0 Å². The molecule has 0 radical (unpaired) electrons. The Kier molecular flexibility index (Phi) is 8.16. The summed E-state index contributed by atoms with van der Waals surface area (Å²) >= 11 is 0. The van der Waals surface area contributed by atoms with E-state index in [1.807, 2.05) is 125 Å². The summed E-state index contributed by atoms with van der Waals surface area (Å²) in [4.78, 5) is 26.4. The van der Waals surface area contributed by atoms with E-state index in [0.29, 0.717) is 11.1 Å². The standard InChI is InChI=1S/C32H33N3O2/c1-21-5-13-25(14-6-21)29(34-31(36)27-17-9-23(3)10-18-27)33-30(26-15-7-22(2)8-16-26)35-32(37)28-19-11-24(4)12-20-28/h5-20,29-30,33H,1-4H3,(H,34,36)(H,35,37)/t29-,30+. The maximum absolute atomic E-state index is 13.2. The second kappa shape index (κ2) is 11.7. The van der Waals surface area contributed by atoms with Crippen LogP contribution in [0.4, 0.5) is 0 Å². The van der Waals surface area contributed by atoms with Crippen LogP contribution in [0.15, 0.2) is 97.1 Å². The highest BCUT2D eigenvalue weighted by molar-refractivity contribution is 5.95. The summed E-state index contributed by atoms with van der Waals surface area (Å²) in [6.45, 7) is 8.02. The SMILES string of the molecule is Cc1ccc(C(=O)N[C@H](N[C@H](NC(=O)c2ccc(C)cc2)c2ccc(C)cc2)c2ccc(C)cc2)cc1. The molecule has 0 aromatic heterocycles. The molecule has 5 nitrogen and oxygen atoms in total. The predicted octanol–water partition coefficient (Wildman–Crippen LogP) is 6.07. The Balaban J connectivity index is 1.65. The lowest BCUT2D eigenvalue weighted by Gasteiger charge is -2.28. The topological polar surface area (TPSA) is 70.2 Å². The van der Waals surface area contributed by atoms with Gasteiger partial charge in [-0.25, -0.2) is 0 Å². The average molecular weight is 492 g/mol. The Morgan fingerprint density at radius 2 is 0.730 bits per heavy atom. The van der Waals surface area contributed by atoms with E-state index < -0.39 is 12.3 Å². The van der Waals surface area contributed by atoms with E-state index >= 15 is 0 Å². The second-order valence-corrected chi connectivity index (χ2v) is 9.53. The fourth-order valence-electron chi connectivity index (χ4n) is 3.97. The number of carbonyl (C=O) groups is 2. The maximum atomic E-state index is 13.2. The van der Waals surface area contributed by atoms with E-state index in [1.165, 1.54) is 0 Å². The monoisotopic (exact) mass is 491 g/mol. The first kappa shape index (κ1) is 25.9. The third-order valence-electron chi connectivity index (χ3n) is 6.33. The first-order chi connectivity index (χ1) is 17.8. The van der Waals surface area contributed by atoms with E-state index in [1.54, 1.807) is 0 Å². The van der Waals surface area contributed by atoms with E-state index in [-0.39, 0.29) is 11.8 Å². The highest BCUT2D eigenvalue weighted by Gasteiger charge is 2.23. The lowest BCUT2D eigenvalue weighted by atomic mass is 10.1. The van der Waals surface area contributed by atoms with Gasteiger partial charge in [-0.2, -0.15) is 0 Å². The van der Waals surface area contributed by atoms with Gasteiger partial charge in [-0.1, -0.05) is 95.1 Å². The number of nitrogens with one attached hydrogen (secondary N) is 3. The van der Waals surface area contributed by atoms with Crippen molar-refractivity contribution in [2.45, 2.75) is 40.0 Å². The van der Waals surface area contributed by atoms with Crippen LogP contribution in [0.5, 0.6) is 0 Å². The quantitative estimate of drug-likeness (QED) is 0.262. The van der Waals surface area contributed by atoms with Gasteiger partial charge in [0.05, 0.1) is 0 Å². The van der Waals surface area contributed by atoms with Crippen LogP contribution >= 0.6 is 0 Å². The normalized spacial score (nSPS) is 12.4. The fourth-order valence-corrected chi connectivity index (χ4v) is 3.97. The highest BCUT2D eigenvalue weighted by Crippen LogP contribution is 2.20. The third kappa shape index (κ3) is 6.93. The number of rotatable bonds is 8. The molecular weight excluding hydrogens is 458 g/mol. The molecule has 0 saturated heterocycles. The molecule has 0 unspecified atom stereocenters. The number of benzene rings is 4. The molecule has 0 aliphatic carbocycles. The van der Waals surface area contributed by atoms with Crippen molar-refractivity contribution in [3.8, 4) is 0 Å². The van der Waals surface area contributed by atoms with Crippen LogP contribution in [0.3, 0.4) is 0 Å². The van der Waals surface area contributed by atoms with Crippen molar-refractivity contribution in [1.29, 1.82) is 0 Å². The Bertz CT molecular complexity index is 1240.